The van der Waals surface area contributed by atoms with Crippen LogP contribution in [0.4, 0.5) is 0 Å². The number of hydrogen-bond acceptors (Lipinski definition) is 4. The first-order valence-corrected chi connectivity index (χ1v) is 8.45. The molecule has 1 aliphatic rings. The van der Waals surface area contributed by atoms with E-state index in [1.807, 2.05) is 30.3 Å². The maximum Gasteiger partial charge on any atom is 0.255 e. The standard InChI is InChI=1S/C18H16Cl2N4O/c19-15-13(6-8-23-17(15)20)18(25)24-9-7-12(14(21)10-24)16(22)11-4-2-1-3-5-11/h1-6,8,21H,7,9-10,22H2. The molecule has 0 unspecified atom stereocenters. The molecule has 1 amide bonds. The number of nitrogens with one attached hydrogen (secondary N) is 1. The minimum Gasteiger partial charge on any atom is -0.398 e. The molecular formula is C18H16Cl2N4O. The zero-order valence-electron chi connectivity index (χ0n) is 13.3. The second kappa shape index (κ2) is 7.25. The number of nitrogens with two attached hydrogens (primary N) is 1. The number of aromatic nitrogens is 1. The van der Waals surface area contributed by atoms with Gasteiger partial charge in [0.15, 0.2) is 0 Å². The SMILES string of the molecule is N=C1CN(C(=O)c2ccnc(Cl)c2Cl)CCC1=C(N)c1ccccc1. The van der Waals surface area contributed by atoms with Gasteiger partial charge in [0.1, 0.15) is 5.15 Å². The normalized spacial score (nSPS) is 16.7. The fraction of sp³-hybridized carbons (Fsp3) is 0.167. The largest absolute Gasteiger partial charge is 0.398 e. The highest BCUT2D eigenvalue weighted by atomic mass is 35.5. The summed E-state index contributed by atoms with van der Waals surface area (Å²) >= 11 is 12.0. The van der Waals surface area contributed by atoms with Gasteiger partial charge in [0.05, 0.1) is 22.8 Å². The molecule has 3 N–H and O–H groups in total. The van der Waals surface area contributed by atoms with Crippen molar-refractivity contribution in [2.75, 3.05) is 13.1 Å². The monoisotopic (exact) mass is 374 g/mol. The van der Waals surface area contributed by atoms with E-state index in [9.17, 15) is 4.79 Å². The summed E-state index contributed by atoms with van der Waals surface area (Å²) < 4.78 is 0. The molecule has 0 saturated carbocycles. The van der Waals surface area contributed by atoms with Crippen molar-refractivity contribution < 1.29 is 4.79 Å². The van der Waals surface area contributed by atoms with Gasteiger partial charge in [-0.3, -0.25) is 4.79 Å². The van der Waals surface area contributed by atoms with Crippen molar-refractivity contribution in [2.45, 2.75) is 6.42 Å². The lowest BCUT2D eigenvalue weighted by molar-refractivity contribution is 0.0775. The van der Waals surface area contributed by atoms with E-state index in [4.69, 9.17) is 34.3 Å². The average molecular weight is 375 g/mol. The van der Waals surface area contributed by atoms with Crippen molar-refractivity contribution in [3.63, 3.8) is 0 Å². The molecule has 0 bridgehead atoms. The van der Waals surface area contributed by atoms with Crippen molar-refractivity contribution in [3.8, 4) is 0 Å². The van der Waals surface area contributed by atoms with Crippen molar-refractivity contribution in [1.29, 1.82) is 5.41 Å². The Morgan fingerprint density at radius 3 is 2.60 bits per heavy atom. The summed E-state index contributed by atoms with van der Waals surface area (Å²) in [5.41, 5.74) is 9.08. The molecule has 0 radical (unpaired) electrons. The first-order chi connectivity index (χ1) is 12.0. The number of piperidine rings is 1. The Morgan fingerprint density at radius 2 is 1.92 bits per heavy atom. The third kappa shape index (κ3) is 3.52. The summed E-state index contributed by atoms with van der Waals surface area (Å²) in [7, 11) is 0. The Balaban J connectivity index is 1.81. The summed E-state index contributed by atoms with van der Waals surface area (Å²) in [5, 5.41) is 8.53. The molecule has 0 atom stereocenters. The number of amides is 1. The highest BCUT2D eigenvalue weighted by Gasteiger charge is 2.27. The number of benzene rings is 1. The van der Waals surface area contributed by atoms with E-state index in [-0.39, 0.29) is 28.2 Å². The van der Waals surface area contributed by atoms with Crippen molar-refractivity contribution in [3.05, 3.63) is 69.5 Å². The molecule has 0 spiro atoms. The third-order valence-corrected chi connectivity index (χ3v) is 4.89. The van der Waals surface area contributed by atoms with E-state index in [1.165, 1.54) is 12.3 Å². The summed E-state index contributed by atoms with van der Waals surface area (Å²) in [5.74, 6) is -0.267. The molecule has 2 aromatic rings. The van der Waals surface area contributed by atoms with Crippen LogP contribution < -0.4 is 5.73 Å². The number of likely N-dealkylation sites (tertiary alicyclic amines) is 1. The molecule has 1 aromatic heterocycles. The van der Waals surface area contributed by atoms with E-state index < -0.39 is 0 Å². The fourth-order valence-electron chi connectivity index (χ4n) is 2.78. The van der Waals surface area contributed by atoms with Crippen LogP contribution in [0.1, 0.15) is 22.3 Å². The van der Waals surface area contributed by atoms with Crippen LogP contribution in [0.15, 0.2) is 48.2 Å². The highest BCUT2D eigenvalue weighted by molar-refractivity contribution is 6.43. The topological polar surface area (TPSA) is 83.1 Å². The molecule has 7 heteroatoms. The number of halogens is 2. The zero-order chi connectivity index (χ0) is 18.0. The van der Waals surface area contributed by atoms with Gasteiger partial charge in [-0.2, -0.15) is 0 Å². The number of hydrogen-bond donors (Lipinski definition) is 2. The molecule has 128 valence electrons. The lowest BCUT2D eigenvalue weighted by Crippen LogP contribution is -2.41. The maximum absolute atomic E-state index is 12.7. The summed E-state index contributed by atoms with van der Waals surface area (Å²) in [6.45, 7) is 0.637. The number of carbonyl (C=O) groups excluding carboxylic acids is 1. The van der Waals surface area contributed by atoms with Gasteiger partial charge in [-0.15, -0.1) is 0 Å². The second-order valence-corrected chi connectivity index (χ2v) is 6.41. The molecule has 0 aliphatic carbocycles. The predicted octanol–water partition coefficient (Wildman–Crippen LogP) is 3.62. The smallest absolute Gasteiger partial charge is 0.255 e. The van der Waals surface area contributed by atoms with Crippen molar-refractivity contribution in [2.24, 2.45) is 5.73 Å². The average Bonchev–Trinajstić information content (AvgIpc) is 2.63. The van der Waals surface area contributed by atoms with Gasteiger partial charge in [-0.1, -0.05) is 53.5 Å². The summed E-state index contributed by atoms with van der Waals surface area (Å²) in [6, 6.07) is 11.1. The van der Waals surface area contributed by atoms with E-state index in [1.54, 1.807) is 4.90 Å². The number of rotatable bonds is 2. The maximum atomic E-state index is 12.7. The molecule has 1 aromatic carbocycles. The van der Waals surface area contributed by atoms with Gasteiger partial charge in [-0.05, 0) is 18.1 Å². The first-order valence-electron chi connectivity index (χ1n) is 7.70. The van der Waals surface area contributed by atoms with Crippen LogP contribution in [0.2, 0.25) is 10.2 Å². The predicted molar refractivity (Wildman–Crippen MR) is 100 cm³/mol. The second-order valence-electron chi connectivity index (χ2n) is 5.68. The number of carbonyl (C=O) groups is 1. The Labute approximate surface area is 155 Å². The summed E-state index contributed by atoms with van der Waals surface area (Å²) in [4.78, 5) is 18.1. The molecule has 1 fully saturated rings. The Morgan fingerprint density at radius 1 is 1.20 bits per heavy atom. The first kappa shape index (κ1) is 17.5. The molecule has 5 nitrogen and oxygen atoms in total. The van der Waals surface area contributed by atoms with Crippen LogP contribution in [-0.4, -0.2) is 34.6 Å². The third-order valence-electron chi connectivity index (χ3n) is 4.12. The van der Waals surface area contributed by atoms with Crippen LogP contribution in [0, 0.1) is 5.41 Å². The van der Waals surface area contributed by atoms with Crippen LogP contribution in [0.25, 0.3) is 5.70 Å². The summed E-state index contributed by atoms with van der Waals surface area (Å²) in [6.07, 6.45) is 1.96. The Kier molecular flexibility index (Phi) is 5.06. The Bertz CT molecular complexity index is 865. The van der Waals surface area contributed by atoms with Crippen LogP contribution in [0.5, 0.6) is 0 Å². The van der Waals surface area contributed by atoms with Gasteiger partial charge < -0.3 is 16.0 Å². The van der Waals surface area contributed by atoms with E-state index in [0.29, 0.717) is 24.4 Å². The van der Waals surface area contributed by atoms with E-state index in [0.717, 1.165) is 11.1 Å². The zero-order valence-corrected chi connectivity index (χ0v) is 14.8. The fourth-order valence-corrected chi connectivity index (χ4v) is 3.13. The van der Waals surface area contributed by atoms with Crippen molar-refractivity contribution >= 4 is 40.5 Å². The lowest BCUT2D eigenvalue weighted by atomic mass is 9.96. The lowest BCUT2D eigenvalue weighted by Gasteiger charge is -2.30. The molecule has 2 heterocycles. The number of pyridine rings is 1. The molecule has 3 rings (SSSR count). The minimum absolute atomic E-state index is 0.0912. The molecule has 25 heavy (non-hydrogen) atoms. The van der Waals surface area contributed by atoms with Crippen LogP contribution >= 0.6 is 23.2 Å². The van der Waals surface area contributed by atoms with Crippen molar-refractivity contribution in [1.82, 2.24) is 9.88 Å². The van der Waals surface area contributed by atoms with E-state index in [2.05, 4.69) is 4.98 Å². The van der Waals surface area contributed by atoms with Crippen LogP contribution in [-0.2, 0) is 0 Å². The van der Waals surface area contributed by atoms with E-state index >= 15 is 0 Å². The minimum atomic E-state index is -0.267. The van der Waals surface area contributed by atoms with Crippen LogP contribution in [0.3, 0.4) is 0 Å². The number of nitrogens with zero attached hydrogens (tertiary/aromatic N) is 2. The Hall–Kier alpha value is -2.37. The van der Waals surface area contributed by atoms with Gasteiger partial charge in [0.25, 0.3) is 5.91 Å². The van der Waals surface area contributed by atoms with Gasteiger partial charge in [-0.25, -0.2) is 4.98 Å². The van der Waals surface area contributed by atoms with Gasteiger partial charge in [0, 0.05) is 24.0 Å². The highest BCUT2D eigenvalue weighted by Crippen LogP contribution is 2.27. The molecular weight excluding hydrogens is 359 g/mol. The quantitative estimate of drug-likeness (QED) is 0.787. The molecule has 1 saturated heterocycles. The molecule has 1 aliphatic heterocycles. The van der Waals surface area contributed by atoms with Gasteiger partial charge in [0.2, 0.25) is 0 Å². The van der Waals surface area contributed by atoms with Gasteiger partial charge >= 0.3 is 0 Å².